The van der Waals surface area contributed by atoms with Crippen molar-refractivity contribution in [2.24, 2.45) is 0 Å². The van der Waals surface area contributed by atoms with Crippen molar-refractivity contribution in [2.45, 2.75) is 0 Å². The summed E-state index contributed by atoms with van der Waals surface area (Å²) in [5.41, 5.74) is 12.2. The molecule has 248 valence electrons. The number of nitrogens with zero attached hydrogens (tertiary/aromatic N) is 3. The fourth-order valence-electron chi connectivity index (χ4n) is 8.95. The van der Waals surface area contributed by atoms with E-state index in [1.165, 1.54) is 32.6 Å². The van der Waals surface area contributed by atoms with Crippen LogP contribution in [-0.4, -0.2) is 13.5 Å². The Morgan fingerprint density at radius 3 is 1.83 bits per heavy atom. The monoisotopic (exact) mass is 677 g/mol. The minimum atomic E-state index is -0.0755. The predicted molar refractivity (Wildman–Crippen MR) is 224 cm³/mol. The summed E-state index contributed by atoms with van der Waals surface area (Å²) in [6.07, 6.45) is 3.42. The highest BCUT2D eigenvalue weighted by atomic mass is 16.1. The number of para-hydroxylation sites is 4. The maximum atomic E-state index is 13.9. The molecule has 0 spiro atoms. The molecule has 0 aliphatic rings. The van der Waals surface area contributed by atoms with Crippen molar-refractivity contribution >= 4 is 83.0 Å². The first-order valence-electron chi connectivity index (χ1n) is 17.9. The van der Waals surface area contributed by atoms with E-state index < -0.39 is 0 Å². The maximum absolute atomic E-state index is 13.9. The summed E-state index contributed by atoms with van der Waals surface area (Å²) >= 11 is 0. The fraction of sp³-hybridized carbons (Fsp3) is 0. The van der Waals surface area contributed by atoms with Crippen molar-refractivity contribution in [3.05, 3.63) is 186 Å². The third-order valence-electron chi connectivity index (χ3n) is 11.1. The van der Waals surface area contributed by atoms with Gasteiger partial charge < -0.3 is 9.13 Å². The predicted octanol–water partition coefficient (Wildman–Crippen LogP) is 12.2. The second-order valence-corrected chi connectivity index (χ2v) is 13.8. The lowest BCUT2D eigenvalue weighted by molar-refractivity contribution is 1.15. The molecule has 4 aromatic heterocycles. The summed E-state index contributed by atoms with van der Waals surface area (Å²) in [7, 11) is 0. The molecule has 4 nitrogen and oxygen atoms in total. The quantitative estimate of drug-likeness (QED) is 0.178. The minimum Gasteiger partial charge on any atom is -0.309 e. The zero-order valence-corrected chi connectivity index (χ0v) is 28.8. The van der Waals surface area contributed by atoms with Crippen LogP contribution < -0.4 is 5.56 Å². The van der Waals surface area contributed by atoms with E-state index in [0.717, 1.165) is 66.3 Å². The van der Waals surface area contributed by atoms with Gasteiger partial charge in [0.05, 0.1) is 33.1 Å². The zero-order valence-electron chi connectivity index (χ0n) is 28.8. The molecule has 0 unspecified atom stereocenters. The topological polar surface area (TPSA) is 31.3 Å². The van der Waals surface area contributed by atoms with Gasteiger partial charge in [0.15, 0.2) is 0 Å². The number of benzene rings is 7. The molecule has 0 N–H and O–H groups in total. The smallest absolute Gasteiger partial charge is 0.263 e. The summed E-state index contributed by atoms with van der Waals surface area (Å²) in [6.45, 7) is 8.01. The van der Waals surface area contributed by atoms with Gasteiger partial charge in [0, 0.05) is 54.6 Å². The lowest BCUT2D eigenvalue weighted by Crippen LogP contribution is -2.17. The molecule has 11 rings (SSSR count). The largest absolute Gasteiger partial charge is 0.309 e. The molecule has 0 aliphatic carbocycles. The summed E-state index contributed by atoms with van der Waals surface area (Å²) in [6, 6.07) is 54.2. The molecule has 7 aromatic carbocycles. The van der Waals surface area contributed by atoms with Gasteiger partial charge in [-0.3, -0.25) is 9.20 Å². The van der Waals surface area contributed by atoms with Gasteiger partial charge in [0.2, 0.25) is 0 Å². The van der Waals surface area contributed by atoms with Gasteiger partial charge in [-0.25, -0.2) is 0 Å². The standard InChI is InChI=1S/C49H31N3O/c1-3-33-34(4-2)49(53)52-44-27-24-30(28-41(44)39-20-12-19-38(33)48(39)52)35-18-13-23-45-47(35)40-26-25-32(29-46(40)50(45)31-14-6-5-7-15-31)51-42-21-10-8-16-36(42)37-17-9-11-22-43(37)51/h3-29H,1-2H2. The Bertz CT molecular complexity index is 3340. The third kappa shape index (κ3) is 3.92. The van der Waals surface area contributed by atoms with E-state index in [2.05, 4.69) is 174 Å². The molecule has 11 aromatic rings. The lowest BCUT2D eigenvalue weighted by atomic mass is 9.97. The van der Waals surface area contributed by atoms with E-state index in [-0.39, 0.29) is 5.56 Å². The van der Waals surface area contributed by atoms with E-state index in [1.54, 1.807) is 12.2 Å². The van der Waals surface area contributed by atoms with Crippen LogP contribution in [0.3, 0.4) is 0 Å². The van der Waals surface area contributed by atoms with E-state index in [4.69, 9.17) is 0 Å². The molecular formula is C49H31N3O. The van der Waals surface area contributed by atoms with Gasteiger partial charge in [-0.15, -0.1) is 0 Å². The second-order valence-electron chi connectivity index (χ2n) is 13.8. The number of fused-ring (bicyclic) bond motifs is 9. The average molecular weight is 678 g/mol. The molecule has 0 amide bonds. The Morgan fingerprint density at radius 2 is 1.08 bits per heavy atom. The number of aromatic nitrogens is 3. The van der Waals surface area contributed by atoms with Crippen LogP contribution in [0.1, 0.15) is 11.1 Å². The van der Waals surface area contributed by atoms with Crippen LogP contribution >= 0.6 is 0 Å². The molecule has 0 saturated heterocycles. The summed E-state index contributed by atoms with van der Waals surface area (Å²) in [5.74, 6) is 0. The van der Waals surface area contributed by atoms with E-state index >= 15 is 0 Å². The first kappa shape index (κ1) is 29.5. The number of pyridine rings is 1. The molecule has 0 aliphatic heterocycles. The van der Waals surface area contributed by atoms with Crippen LogP contribution in [0.25, 0.3) is 105 Å². The molecule has 0 bridgehead atoms. The van der Waals surface area contributed by atoms with Crippen LogP contribution in [0, 0.1) is 0 Å². The van der Waals surface area contributed by atoms with Crippen molar-refractivity contribution in [3.8, 4) is 22.5 Å². The van der Waals surface area contributed by atoms with E-state index in [0.29, 0.717) is 5.56 Å². The number of hydrogen-bond donors (Lipinski definition) is 0. The van der Waals surface area contributed by atoms with Gasteiger partial charge >= 0.3 is 0 Å². The molecular weight excluding hydrogens is 647 g/mol. The summed E-state index contributed by atoms with van der Waals surface area (Å²) in [5, 5.41) is 7.94. The summed E-state index contributed by atoms with van der Waals surface area (Å²) in [4.78, 5) is 13.9. The van der Waals surface area contributed by atoms with Gasteiger partial charge in [0.1, 0.15) is 0 Å². The van der Waals surface area contributed by atoms with Crippen LogP contribution in [0.4, 0.5) is 0 Å². The van der Waals surface area contributed by atoms with Crippen LogP contribution in [-0.2, 0) is 0 Å². The molecule has 0 fully saturated rings. The first-order chi connectivity index (χ1) is 26.2. The van der Waals surface area contributed by atoms with Gasteiger partial charge in [-0.2, -0.15) is 0 Å². The highest BCUT2D eigenvalue weighted by molar-refractivity contribution is 6.19. The van der Waals surface area contributed by atoms with Crippen LogP contribution in [0.5, 0.6) is 0 Å². The van der Waals surface area contributed by atoms with Crippen molar-refractivity contribution in [2.75, 3.05) is 0 Å². The Morgan fingerprint density at radius 1 is 0.434 bits per heavy atom. The SMILES string of the molecule is C=Cc1c(C=C)c2cccc3c4cc(-c5cccc6c5c5ccc(-n7c8ccccc8c8ccccc87)cc5n6-c5ccccc5)ccc4n(c1=O)c23. The number of rotatable bonds is 5. The Kier molecular flexibility index (Phi) is 6.09. The Labute approximate surface area is 304 Å². The second kappa shape index (κ2) is 10.9. The fourth-order valence-corrected chi connectivity index (χ4v) is 8.95. The minimum absolute atomic E-state index is 0.0755. The molecule has 0 saturated carbocycles. The molecule has 4 heterocycles. The molecule has 0 atom stereocenters. The van der Waals surface area contributed by atoms with Crippen molar-refractivity contribution in [1.29, 1.82) is 0 Å². The van der Waals surface area contributed by atoms with Crippen LogP contribution in [0.15, 0.2) is 170 Å². The highest BCUT2D eigenvalue weighted by Gasteiger charge is 2.22. The summed E-state index contributed by atoms with van der Waals surface area (Å²) < 4.78 is 6.63. The van der Waals surface area contributed by atoms with E-state index in [1.807, 2.05) is 4.40 Å². The highest BCUT2D eigenvalue weighted by Crippen LogP contribution is 2.42. The third-order valence-corrected chi connectivity index (χ3v) is 11.1. The van der Waals surface area contributed by atoms with Gasteiger partial charge in [0.25, 0.3) is 5.56 Å². The first-order valence-corrected chi connectivity index (χ1v) is 17.9. The maximum Gasteiger partial charge on any atom is 0.263 e. The van der Waals surface area contributed by atoms with Crippen molar-refractivity contribution in [3.63, 3.8) is 0 Å². The molecule has 53 heavy (non-hydrogen) atoms. The van der Waals surface area contributed by atoms with Crippen molar-refractivity contribution < 1.29 is 0 Å². The normalized spacial score (nSPS) is 12.0. The van der Waals surface area contributed by atoms with E-state index in [9.17, 15) is 4.79 Å². The Hall–Kier alpha value is -7.17. The van der Waals surface area contributed by atoms with Crippen LogP contribution in [0.2, 0.25) is 0 Å². The van der Waals surface area contributed by atoms with Gasteiger partial charge in [-0.1, -0.05) is 122 Å². The number of hydrogen-bond acceptors (Lipinski definition) is 1. The zero-order chi connectivity index (χ0) is 35.4. The van der Waals surface area contributed by atoms with Gasteiger partial charge in [-0.05, 0) is 71.3 Å². The van der Waals surface area contributed by atoms with Crippen molar-refractivity contribution in [1.82, 2.24) is 13.5 Å². The Balaban J connectivity index is 1.21. The molecule has 0 radical (unpaired) electrons. The molecule has 4 heteroatoms. The average Bonchev–Trinajstić information content (AvgIpc) is 3.85. The lowest BCUT2D eigenvalue weighted by Gasteiger charge is -2.11.